The Morgan fingerprint density at radius 3 is 3.12 bits per heavy atom. The molecule has 16 heavy (non-hydrogen) atoms. The molecular weight excluding hydrogens is 264 g/mol. The fourth-order valence-electron chi connectivity index (χ4n) is 2.67. The van der Waals surface area contributed by atoms with E-state index in [2.05, 4.69) is 39.2 Å². The van der Waals surface area contributed by atoms with Crippen LogP contribution in [-0.2, 0) is 0 Å². The molecule has 0 spiro atoms. The third kappa shape index (κ3) is 2.83. The van der Waals surface area contributed by atoms with Crippen LogP contribution in [0.15, 0.2) is 22.9 Å². The molecule has 0 amide bonds. The highest BCUT2D eigenvalue weighted by atomic mass is 79.9. The zero-order chi connectivity index (χ0) is 11.4. The maximum Gasteiger partial charge on any atom is 0.0410 e. The Morgan fingerprint density at radius 2 is 2.38 bits per heavy atom. The highest BCUT2D eigenvalue weighted by Crippen LogP contribution is 2.33. The van der Waals surface area contributed by atoms with E-state index in [4.69, 9.17) is 0 Å². The van der Waals surface area contributed by atoms with Gasteiger partial charge in [0.15, 0.2) is 0 Å². The van der Waals surface area contributed by atoms with Crippen molar-refractivity contribution in [2.24, 2.45) is 5.92 Å². The molecule has 2 heterocycles. The first kappa shape index (κ1) is 12.1. The molecule has 3 heteroatoms. The normalized spacial score (nSPS) is 25.6. The van der Waals surface area contributed by atoms with Crippen molar-refractivity contribution >= 4 is 15.9 Å². The first-order valence-corrected chi connectivity index (χ1v) is 6.91. The van der Waals surface area contributed by atoms with Gasteiger partial charge in [0.2, 0.25) is 0 Å². The highest BCUT2D eigenvalue weighted by Gasteiger charge is 2.25. The quantitative estimate of drug-likeness (QED) is 0.920. The van der Waals surface area contributed by atoms with Crippen molar-refractivity contribution < 1.29 is 0 Å². The van der Waals surface area contributed by atoms with E-state index in [1.165, 1.54) is 24.8 Å². The summed E-state index contributed by atoms with van der Waals surface area (Å²) in [6.07, 6.45) is 7.71. The summed E-state index contributed by atoms with van der Waals surface area (Å²) in [7, 11) is 0. The van der Waals surface area contributed by atoms with Crippen LogP contribution in [0.1, 0.15) is 37.7 Å². The second kappa shape index (κ2) is 5.78. The van der Waals surface area contributed by atoms with E-state index in [-0.39, 0.29) is 0 Å². The third-order valence-electron chi connectivity index (χ3n) is 3.42. The van der Waals surface area contributed by atoms with E-state index in [1.807, 2.05) is 12.4 Å². The van der Waals surface area contributed by atoms with Crippen LogP contribution in [0, 0.1) is 5.92 Å². The Hall–Kier alpha value is -0.410. The van der Waals surface area contributed by atoms with E-state index >= 15 is 0 Å². The van der Waals surface area contributed by atoms with Crippen molar-refractivity contribution in [3.63, 3.8) is 0 Å². The molecule has 2 unspecified atom stereocenters. The molecule has 2 atom stereocenters. The van der Waals surface area contributed by atoms with Crippen LogP contribution >= 0.6 is 15.9 Å². The van der Waals surface area contributed by atoms with Crippen LogP contribution in [0.3, 0.4) is 0 Å². The molecule has 2 nitrogen and oxygen atoms in total. The zero-order valence-electron chi connectivity index (χ0n) is 9.75. The molecule has 1 aromatic heterocycles. The molecule has 88 valence electrons. The molecule has 0 aliphatic carbocycles. The number of halogens is 1. The van der Waals surface area contributed by atoms with Crippen LogP contribution < -0.4 is 5.32 Å². The standard InChI is InChI=1S/C13H19BrN2/c1-2-3-10-7-15-5-4-13(10)11-6-12(14)9-16-8-11/h6,8-10,13,15H,2-5,7H2,1H3. The summed E-state index contributed by atoms with van der Waals surface area (Å²) in [5, 5.41) is 3.50. The van der Waals surface area contributed by atoms with Gasteiger partial charge in [-0.15, -0.1) is 0 Å². The van der Waals surface area contributed by atoms with Crippen LogP contribution in [0.2, 0.25) is 0 Å². The molecular formula is C13H19BrN2. The SMILES string of the molecule is CCCC1CNCCC1c1cncc(Br)c1. The number of hydrogen-bond donors (Lipinski definition) is 1. The van der Waals surface area contributed by atoms with Gasteiger partial charge in [-0.2, -0.15) is 0 Å². The lowest BCUT2D eigenvalue weighted by Crippen LogP contribution is -2.35. The van der Waals surface area contributed by atoms with Crippen molar-refractivity contribution in [3.8, 4) is 0 Å². The van der Waals surface area contributed by atoms with Crippen LogP contribution in [0.25, 0.3) is 0 Å². The van der Waals surface area contributed by atoms with E-state index < -0.39 is 0 Å². The van der Waals surface area contributed by atoms with Crippen LogP contribution in [0.4, 0.5) is 0 Å². The zero-order valence-corrected chi connectivity index (χ0v) is 11.3. The molecule has 0 radical (unpaired) electrons. The maximum atomic E-state index is 4.29. The van der Waals surface area contributed by atoms with Gasteiger partial charge in [0.05, 0.1) is 0 Å². The number of hydrogen-bond acceptors (Lipinski definition) is 2. The van der Waals surface area contributed by atoms with Gasteiger partial charge in [-0.1, -0.05) is 13.3 Å². The second-order valence-electron chi connectivity index (χ2n) is 4.58. The van der Waals surface area contributed by atoms with Gasteiger partial charge in [-0.25, -0.2) is 0 Å². The smallest absolute Gasteiger partial charge is 0.0410 e. The second-order valence-corrected chi connectivity index (χ2v) is 5.50. The molecule has 0 bridgehead atoms. The lowest BCUT2D eigenvalue weighted by atomic mass is 9.79. The average molecular weight is 283 g/mol. The van der Waals surface area contributed by atoms with Gasteiger partial charge < -0.3 is 5.32 Å². The first-order valence-electron chi connectivity index (χ1n) is 6.12. The van der Waals surface area contributed by atoms with Gasteiger partial charge in [0.25, 0.3) is 0 Å². The van der Waals surface area contributed by atoms with E-state index in [0.717, 1.165) is 23.5 Å². The topological polar surface area (TPSA) is 24.9 Å². The van der Waals surface area contributed by atoms with Crippen molar-refractivity contribution in [1.29, 1.82) is 0 Å². The number of pyridine rings is 1. The largest absolute Gasteiger partial charge is 0.316 e. The van der Waals surface area contributed by atoms with E-state index in [9.17, 15) is 0 Å². The summed E-state index contributed by atoms with van der Waals surface area (Å²) in [5.74, 6) is 1.46. The number of aromatic nitrogens is 1. The minimum Gasteiger partial charge on any atom is -0.316 e. The van der Waals surface area contributed by atoms with Crippen molar-refractivity contribution in [2.45, 2.75) is 32.1 Å². The number of nitrogens with one attached hydrogen (secondary N) is 1. The Balaban J connectivity index is 2.16. The Kier molecular flexibility index (Phi) is 4.36. The molecule has 1 aromatic rings. The molecule has 2 rings (SSSR count). The minimum absolute atomic E-state index is 0.686. The lowest BCUT2D eigenvalue weighted by Gasteiger charge is -2.32. The predicted octanol–water partition coefficient (Wildman–Crippen LogP) is 3.34. The highest BCUT2D eigenvalue weighted by molar-refractivity contribution is 9.10. The fourth-order valence-corrected chi connectivity index (χ4v) is 3.05. The molecule has 0 saturated carbocycles. The number of nitrogens with zero attached hydrogens (tertiary/aromatic N) is 1. The van der Waals surface area contributed by atoms with Crippen LogP contribution in [-0.4, -0.2) is 18.1 Å². The monoisotopic (exact) mass is 282 g/mol. The van der Waals surface area contributed by atoms with Gasteiger partial charge in [-0.3, -0.25) is 4.98 Å². The number of piperidine rings is 1. The molecule has 1 N–H and O–H groups in total. The van der Waals surface area contributed by atoms with Crippen molar-refractivity contribution in [1.82, 2.24) is 10.3 Å². The Labute approximate surface area is 106 Å². The summed E-state index contributed by atoms with van der Waals surface area (Å²) in [6, 6.07) is 2.23. The van der Waals surface area contributed by atoms with E-state index in [0.29, 0.717) is 5.92 Å². The maximum absolute atomic E-state index is 4.29. The van der Waals surface area contributed by atoms with Crippen molar-refractivity contribution in [2.75, 3.05) is 13.1 Å². The molecule has 1 aliphatic heterocycles. The summed E-state index contributed by atoms with van der Waals surface area (Å²) in [4.78, 5) is 4.29. The molecule has 0 aromatic carbocycles. The van der Waals surface area contributed by atoms with Gasteiger partial charge >= 0.3 is 0 Å². The summed E-state index contributed by atoms with van der Waals surface area (Å²) < 4.78 is 1.10. The summed E-state index contributed by atoms with van der Waals surface area (Å²) in [6.45, 7) is 4.56. The Morgan fingerprint density at radius 1 is 1.50 bits per heavy atom. The molecule has 1 fully saturated rings. The molecule has 1 aliphatic rings. The summed E-state index contributed by atoms with van der Waals surface area (Å²) in [5.41, 5.74) is 1.40. The predicted molar refractivity (Wildman–Crippen MR) is 70.6 cm³/mol. The number of rotatable bonds is 3. The third-order valence-corrected chi connectivity index (χ3v) is 3.85. The molecule has 1 saturated heterocycles. The van der Waals surface area contributed by atoms with E-state index in [1.54, 1.807) is 0 Å². The summed E-state index contributed by atoms with van der Waals surface area (Å²) >= 11 is 3.51. The fraction of sp³-hybridized carbons (Fsp3) is 0.615. The van der Waals surface area contributed by atoms with Crippen LogP contribution in [0.5, 0.6) is 0 Å². The lowest BCUT2D eigenvalue weighted by molar-refractivity contribution is 0.306. The van der Waals surface area contributed by atoms with Gasteiger partial charge in [-0.05, 0) is 65.3 Å². The minimum atomic E-state index is 0.686. The first-order chi connectivity index (χ1) is 7.81. The average Bonchev–Trinajstić information content (AvgIpc) is 2.30. The van der Waals surface area contributed by atoms with Crippen molar-refractivity contribution in [3.05, 3.63) is 28.5 Å². The Bertz CT molecular complexity index is 338. The van der Waals surface area contributed by atoms with Gasteiger partial charge in [0.1, 0.15) is 0 Å². The van der Waals surface area contributed by atoms with Gasteiger partial charge in [0, 0.05) is 16.9 Å².